The number of piperidine rings is 1. The van der Waals surface area contributed by atoms with Crippen LogP contribution in [0.4, 0.5) is 0 Å². The van der Waals surface area contributed by atoms with Crippen LogP contribution in [0.15, 0.2) is 0 Å². The molecule has 0 atom stereocenters. The average Bonchev–Trinajstić information content (AvgIpc) is 2.09. The molecule has 0 saturated carbocycles. The normalized spacial score (nSPS) is 22.9. The van der Waals surface area contributed by atoms with E-state index >= 15 is 0 Å². The Kier molecular flexibility index (Phi) is 3.24. The number of carboxylic acid groups (broad SMARTS) is 1. The first-order valence-electron chi connectivity index (χ1n) is 4.34. The molecule has 0 aromatic heterocycles. The lowest BCUT2D eigenvalue weighted by atomic mass is 9.79. The number of nitrogens with zero attached hydrogens (tertiary/aromatic N) is 1. The molecule has 0 spiro atoms. The summed E-state index contributed by atoms with van der Waals surface area (Å²) in [4.78, 5) is 17.6. The zero-order valence-electron chi connectivity index (χ0n) is 7.82. The van der Waals surface area contributed by atoms with E-state index in [0.29, 0.717) is 12.8 Å². The summed E-state index contributed by atoms with van der Waals surface area (Å²) in [5.41, 5.74) is -0.763. The fourth-order valence-corrected chi connectivity index (χ4v) is 1.63. The van der Waals surface area contributed by atoms with Crippen LogP contribution in [0.3, 0.4) is 0 Å². The number of hydrogen-bond acceptors (Lipinski definition) is 4. The highest BCUT2D eigenvalue weighted by molar-refractivity contribution is 5.75. The highest BCUT2D eigenvalue weighted by Gasteiger charge is 2.41. The SMILES string of the molecule is CN1CCC(CON)(C(=O)O)CC1. The molecule has 0 aromatic carbocycles. The maximum atomic E-state index is 11.0. The third-order valence-corrected chi connectivity index (χ3v) is 2.76. The number of nitrogens with two attached hydrogens (primary N) is 1. The second kappa shape index (κ2) is 4.04. The predicted octanol–water partition coefficient (Wildman–Crippen LogP) is -0.327. The van der Waals surface area contributed by atoms with Gasteiger partial charge >= 0.3 is 5.97 Å². The number of carboxylic acids is 1. The zero-order chi connectivity index (χ0) is 9.90. The van der Waals surface area contributed by atoms with E-state index in [4.69, 9.17) is 11.0 Å². The predicted molar refractivity (Wildman–Crippen MR) is 46.9 cm³/mol. The van der Waals surface area contributed by atoms with E-state index in [0.717, 1.165) is 13.1 Å². The fraction of sp³-hybridized carbons (Fsp3) is 0.875. The van der Waals surface area contributed by atoms with Crippen LogP contribution in [-0.4, -0.2) is 42.7 Å². The van der Waals surface area contributed by atoms with Crippen molar-refractivity contribution in [2.45, 2.75) is 12.8 Å². The molecule has 0 amide bonds. The molecule has 76 valence electrons. The summed E-state index contributed by atoms with van der Waals surface area (Å²) in [6.07, 6.45) is 1.21. The number of rotatable bonds is 3. The van der Waals surface area contributed by atoms with Gasteiger partial charge in [-0.1, -0.05) is 0 Å². The minimum absolute atomic E-state index is 0.107. The van der Waals surface area contributed by atoms with E-state index in [1.165, 1.54) is 0 Å². The first-order valence-corrected chi connectivity index (χ1v) is 4.34. The van der Waals surface area contributed by atoms with Crippen molar-refractivity contribution in [3.63, 3.8) is 0 Å². The zero-order valence-corrected chi connectivity index (χ0v) is 7.82. The maximum Gasteiger partial charge on any atom is 0.312 e. The first-order chi connectivity index (χ1) is 6.10. The largest absolute Gasteiger partial charge is 0.481 e. The number of likely N-dealkylation sites (tertiary alicyclic amines) is 1. The Hall–Kier alpha value is -0.650. The summed E-state index contributed by atoms with van der Waals surface area (Å²) in [6.45, 7) is 1.68. The Morgan fingerprint density at radius 1 is 1.62 bits per heavy atom. The van der Waals surface area contributed by atoms with Gasteiger partial charge in [0.25, 0.3) is 0 Å². The van der Waals surface area contributed by atoms with E-state index in [9.17, 15) is 4.79 Å². The van der Waals surface area contributed by atoms with Gasteiger partial charge in [-0.15, -0.1) is 0 Å². The van der Waals surface area contributed by atoms with E-state index < -0.39 is 11.4 Å². The molecule has 0 aliphatic carbocycles. The van der Waals surface area contributed by atoms with Gasteiger partial charge in [-0.25, -0.2) is 5.90 Å². The quantitative estimate of drug-likeness (QED) is 0.593. The van der Waals surface area contributed by atoms with Crippen LogP contribution in [0, 0.1) is 5.41 Å². The van der Waals surface area contributed by atoms with E-state index in [-0.39, 0.29) is 6.61 Å². The minimum Gasteiger partial charge on any atom is -0.481 e. The van der Waals surface area contributed by atoms with Gasteiger partial charge in [-0.05, 0) is 33.0 Å². The Morgan fingerprint density at radius 2 is 2.15 bits per heavy atom. The molecule has 13 heavy (non-hydrogen) atoms. The molecule has 1 fully saturated rings. The molecular weight excluding hydrogens is 172 g/mol. The van der Waals surface area contributed by atoms with Crippen molar-refractivity contribution in [2.75, 3.05) is 26.7 Å². The van der Waals surface area contributed by atoms with Crippen LogP contribution in [0.1, 0.15) is 12.8 Å². The van der Waals surface area contributed by atoms with Gasteiger partial charge in [-0.3, -0.25) is 4.79 Å². The van der Waals surface area contributed by atoms with Gasteiger partial charge in [0.15, 0.2) is 0 Å². The lowest BCUT2D eigenvalue weighted by molar-refractivity contribution is -0.157. The lowest BCUT2D eigenvalue weighted by Crippen LogP contribution is -2.46. The maximum absolute atomic E-state index is 11.0. The van der Waals surface area contributed by atoms with Crippen LogP contribution in [0.2, 0.25) is 0 Å². The van der Waals surface area contributed by atoms with Crippen LogP contribution in [0.5, 0.6) is 0 Å². The molecule has 0 bridgehead atoms. The third kappa shape index (κ3) is 2.18. The summed E-state index contributed by atoms with van der Waals surface area (Å²) in [5.74, 6) is 4.14. The van der Waals surface area contributed by atoms with Gasteiger partial charge < -0.3 is 14.8 Å². The van der Waals surface area contributed by atoms with Crippen molar-refractivity contribution in [3.8, 4) is 0 Å². The van der Waals surface area contributed by atoms with Crippen LogP contribution in [0.25, 0.3) is 0 Å². The molecule has 5 nitrogen and oxygen atoms in total. The summed E-state index contributed by atoms with van der Waals surface area (Å²) in [5, 5.41) is 9.05. The summed E-state index contributed by atoms with van der Waals surface area (Å²) < 4.78 is 0. The molecule has 1 aliphatic heterocycles. The fourth-order valence-electron chi connectivity index (χ4n) is 1.63. The number of carbonyl (C=O) groups is 1. The van der Waals surface area contributed by atoms with Crippen LogP contribution in [-0.2, 0) is 9.63 Å². The number of hydrogen-bond donors (Lipinski definition) is 2. The molecule has 0 radical (unpaired) electrons. The highest BCUT2D eigenvalue weighted by Crippen LogP contribution is 2.31. The molecule has 1 rings (SSSR count). The van der Waals surface area contributed by atoms with Crippen LogP contribution < -0.4 is 5.90 Å². The molecular formula is C8H16N2O3. The van der Waals surface area contributed by atoms with Crippen LogP contribution >= 0.6 is 0 Å². The lowest BCUT2D eigenvalue weighted by Gasteiger charge is -2.36. The van der Waals surface area contributed by atoms with Crippen molar-refractivity contribution in [3.05, 3.63) is 0 Å². The molecule has 0 unspecified atom stereocenters. The van der Waals surface area contributed by atoms with E-state index in [2.05, 4.69) is 9.74 Å². The minimum atomic E-state index is -0.800. The average molecular weight is 188 g/mol. The second-order valence-electron chi connectivity index (χ2n) is 3.70. The molecule has 0 aromatic rings. The molecule has 1 aliphatic rings. The summed E-state index contributed by atoms with van der Waals surface area (Å²) in [6, 6.07) is 0. The molecule has 3 N–H and O–H groups in total. The Morgan fingerprint density at radius 3 is 2.54 bits per heavy atom. The van der Waals surface area contributed by atoms with Crippen molar-refractivity contribution < 1.29 is 14.7 Å². The first kappa shape index (κ1) is 10.4. The second-order valence-corrected chi connectivity index (χ2v) is 3.70. The monoisotopic (exact) mass is 188 g/mol. The number of aliphatic carboxylic acids is 1. The van der Waals surface area contributed by atoms with Gasteiger partial charge in [0.05, 0.1) is 12.0 Å². The molecule has 1 heterocycles. The smallest absolute Gasteiger partial charge is 0.312 e. The Bertz CT molecular complexity index is 188. The molecule has 5 heteroatoms. The Labute approximate surface area is 77.4 Å². The summed E-state index contributed by atoms with van der Waals surface area (Å²) in [7, 11) is 1.98. The van der Waals surface area contributed by atoms with E-state index in [1.807, 2.05) is 7.05 Å². The van der Waals surface area contributed by atoms with Crippen molar-refractivity contribution in [1.82, 2.24) is 4.90 Å². The topological polar surface area (TPSA) is 75.8 Å². The van der Waals surface area contributed by atoms with Crippen molar-refractivity contribution in [2.24, 2.45) is 11.3 Å². The Balaban J connectivity index is 2.63. The van der Waals surface area contributed by atoms with Gasteiger partial charge in [-0.2, -0.15) is 0 Å². The van der Waals surface area contributed by atoms with Gasteiger partial charge in [0, 0.05) is 0 Å². The van der Waals surface area contributed by atoms with E-state index in [1.54, 1.807) is 0 Å². The van der Waals surface area contributed by atoms with Crippen molar-refractivity contribution in [1.29, 1.82) is 0 Å². The van der Waals surface area contributed by atoms with Gasteiger partial charge in [0.2, 0.25) is 0 Å². The van der Waals surface area contributed by atoms with Crippen molar-refractivity contribution >= 4 is 5.97 Å². The molecule has 1 saturated heterocycles. The highest BCUT2D eigenvalue weighted by atomic mass is 16.6. The third-order valence-electron chi connectivity index (χ3n) is 2.76. The standard InChI is InChI=1S/C8H16N2O3/c1-10-4-2-8(3-5-10,6-13-9)7(11)12/h2-6,9H2,1H3,(H,11,12). The van der Waals surface area contributed by atoms with Gasteiger partial charge in [0.1, 0.15) is 0 Å². The summed E-state index contributed by atoms with van der Waals surface area (Å²) >= 11 is 0.